The highest BCUT2D eigenvalue weighted by Gasteiger charge is 2.24. The number of rotatable bonds is 9. The number of likely N-dealkylation sites (N-methyl/N-ethyl adjacent to an activating group) is 1. The van der Waals surface area contributed by atoms with Crippen LogP contribution in [0.1, 0.15) is 23.5 Å². The Kier molecular flexibility index (Phi) is 7.84. The van der Waals surface area contributed by atoms with Gasteiger partial charge in [0.15, 0.2) is 0 Å². The monoisotopic (exact) mass is 489 g/mol. The van der Waals surface area contributed by atoms with Crippen LogP contribution in [0.4, 0.5) is 0 Å². The highest BCUT2D eigenvalue weighted by atomic mass is 35.5. The first-order valence-electron chi connectivity index (χ1n) is 11.3. The van der Waals surface area contributed by atoms with Crippen LogP contribution < -0.4 is 0 Å². The molecule has 4 rings (SSSR count). The van der Waals surface area contributed by atoms with Gasteiger partial charge in [0.05, 0.1) is 4.90 Å². The molecule has 4 aromatic carbocycles. The molecule has 0 amide bonds. The Hall–Kier alpha value is -2.92. The lowest BCUT2D eigenvalue weighted by atomic mass is 9.92. The average Bonchev–Trinajstić information content (AvgIpc) is 2.87. The molecule has 0 bridgehead atoms. The lowest BCUT2D eigenvalue weighted by Gasteiger charge is -2.25. The van der Waals surface area contributed by atoms with Gasteiger partial charge in [0.2, 0.25) is 10.0 Å². The summed E-state index contributed by atoms with van der Waals surface area (Å²) in [5, 5.41) is 0.656. The summed E-state index contributed by atoms with van der Waals surface area (Å²) in [5.74, 6) is 0.0102. The van der Waals surface area contributed by atoms with Crippen molar-refractivity contribution in [2.45, 2.75) is 23.7 Å². The first-order chi connectivity index (χ1) is 16.4. The number of nitrogens with zero attached hydrogens (tertiary/aromatic N) is 1. The van der Waals surface area contributed by atoms with Gasteiger partial charge in [0.25, 0.3) is 0 Å². The minimum absolute atomic E-state index is 0.0102. The van der Waals surface area contributed by atoms with E-state index in [1.807, 2.05) is 48.5 Å². The Labute approximate surface area is 207 Å². The van der Waals surface area contributed by atoms with Crippen LogP contribution in [0.15, 0.2) is 114 Å². The van der Waals surface area contributed by atoms with E-state index >= 15 is 0 Å². The maximum absolute atomic E-state index is 13.1. The highest BCUT2D eigenvalue weighted by molar-refractivity contribution is 7.89. The standard InChI is InChI=1S/C29H28ClNO2S/c1-31(34(32,33)29-13-6-3-7-14-29)22-27(26-11-8-12-28(30)21-26)20-17-23-15-18-25(19-16-23)24-9-4-2-5-10-24/h2-16,18-19,21,27H,17,20,22H2,1H3/t27-/m1/s1. The molecule has 0 aromatic heterocycles. The minimum atomic E-state index is -3.57. The van der Waals surface area contributed by atoms with E-state index in [0.29, 0.717) is 16.5 Å². The molecule has 174 valence electrons. The number of aryl methyl sites for hydroxylation is 1. The van der Waals surface area contributed by atoms with Gasteiger partial charge in [-0.1, -0.05) is 96.5 Å². The maximum Gasteiger partial charge on any atom is 0.242 e. The first kappa shape index (κ1) is 24.2. The van der Waals surface area contributed by atoms with Gasteiger partial charge in [0, 0.05) is 18.6 Å². The van der Waals surface area contributed by atoms with Gasteiger partial charge in [-0.3, -0.25) is 0 Å². The van der Waals surface area contributed by atoms with E-state index in [1.165, 1.54) is 21.0 Å². The van der Waals surface area contributed by atoms with Crippen LogP contribution in [0.5, 0.6) is 0 Å². The van der Waals surface area contributed by atoms with E-state index in [0.717, 1.165) is 18.4 Å². The molecule has 0 spiro atoms. The second-order valence-electron chi connectivity index (χ2n) is 8.45. The van der Waals surface area contributed by atoms with E-state index in [4.69, 9.17) is 11.6 Å². The van der Waals surface area contributed by atoms with Crippen molar-refractivity contribution in [3.8, 4) is 11.1 Å². The van der Waals surface area contributed by atoms with E-state index in [9.17, 15) is 8.42 Å². The predicted octanol–water partition coefficient (Wildman–Crippen LogP) is 7.04. The quantitative estimate of drug-likeness (QED) is 0.253. The van der Waals surface area contributed by atoms with Gasteiger partial charge in [-0.2, -0.15) is 0 Å². The van der Waals surface area contributed by atoms with Crippen LogP contribution in [0.2, 0.25) is 5.02 Å². The lowest BCUT2D eigenvalue weighted by Crippen LogP contribution is -2.31. The van der Waals surface area contributed by atoms with Crippen LogP contribution in [0.3, 0.4) is 0 Å². The number of benzene rings is 4. The molecule has 0 heterocycles. The third-order valence-electron chi connectivity index (χ3n) is 6.09. The fourth-order valence-corrected chi connectivity index (χ4v) is 5.58. The Morgan fingerprint density at radius 2 is 1.38 bits per heavy atom. The van der Waals surface area contributed by atoms with E-state index in [2.05, 4.69) is 36.4 Å². The molecule has 34 heavy (non-hydrogen) atoms. The van der Waals surface area contributed by atoms with E-state index < -0.39 is 10.0 Å². The van der Waals surface area contributed by atoms with Gasteiger partial charge in [-0.25, -0.2) is 12.7 Å². The van der Waals surface area contributed by atoms with Gasteiger partial charge >= 0.3 is 0 Å². The molecule has 3 nitrogen and oxygen atoms in total. The van der Waals surface area contributed by atoms with E-state index in [-0.39, 0.29) is 5.92 Å². The molecule has 0 aliphatic carbocycles. The molecule has 0 unspecified atom stereocenters. The third-order valence-corrected chi connectivity index (χ3v) is 8.16. The molecule has 0 saturated heterocycles. The second kappa shape index (κ2) is 11.0. The summed E-state index contributed by atoms with van der Waals surface area (Å²) in [4.78, 5) is 0.304. The van der Waals surface area contributed by atoms with Gasteiger partial charge in [-0.05, 0) is 65.3 Å². The first-order valence-corrected chi connectivity index (χ1v) is 13.2. The van der Waals surface area contributed by atoms with Crippen molar-refractivity contribution >= 4 is 21.6 Å². The zero-order valence-corrected chi connectivity index (χ0v) is 20.7. The summed E-state index contributed by atoms with van der Waals surface area (Å²) in [7, 11) is -1.92. The summed E-state index contributed by atoms with van der Waals surface area (Å²) in [6, 6.07) is 35.2. The summed E-state index contributed by atoms with van der Waals surface area (Å²) in [6.45, 7) is 0.375. The summed E-state index contributed by atoms with van der Waals surface area (Å²) in [6.07, 6.45) is 1.64. The molecular formula is C29H28ClNO2S. The van der Waals surface area contributed by atoms with Crippen molar-refractivity contribution in [1.82, 2.24) is 4.31 Å². The maximum atomic E-state index is 13.1. The summed E-state index contributed by atoms with van der Waals surface area (Å²) >= 11 is 6.27. The number of halogens is 1. The minimum Gasteiger partial charge on any atom is -0.207 e. The van der Waals surface area contributed by atoms with Crippen molar-refractivity contribution in [2.24, 2.45) is 0 Å². The topological polar surface area (TPSA) is 37.4 Å². The van der Waals surface area contributed by atoms with Crippen LogP contribution in [-0.4, -0.2) is 26.3 Å². The Bertz CT molecular complexity index is 1310. The second-order valence-corrected chi connectivity index (χ2v) is 10.9. The van der Waals surface area contributed by atoms with Crippen LogP contribution in [0, 0.1) is 0 Å². The zero-order chi connectivity index (χ0) is 24.0. The number of hydrogen-bond donors (Lipinski definition) is 0. The molecule has 0 aliphatic rings. The van der Waals surface area contributed by atoms with Gasteiger partial charge < -0.3 is 0 Å². The normalized spacial score (nSPS) is 12.6. The summed E-state index contributed by atoms with van der Waals surface area (Å²) in [5.41, 5.74) is 4.65. The lowest BCUT2D eigenvalue weighted by molar-refractivity contribution is 0.424. The van der Waals surface area contributed by atoms with Crippen molar-refractivity contribution in [3.63, 3.8) is 0 Å². The Balaban J connectivity index is 1.51. The van der Waals surface area contributed by atoms with Crippen molar-refractivity contribution in [2.75, 3.05) is 13.6 Å². The van der Waals surface area contributed by atoms with Gasteiger partial charge in [-0.15, -0.1) is 0 Å². The molecule has 0 N–H and O–H groups in total. The van der Waals surface area contributed by atoms with Crippen LogP contribution in [-0.2, 0) is 16.4 Å². The fraction of sp³-hybridized carbons (Fsp3) is 0.172. The molecule has 0 fully saturated rings. The van der Waals surface area contributed by atoms with E-state index in [1.54, 1.807) is 31.3 Å². The molecule has 0 saturated carbocycles. The average molecular weight is 490 g/mol. The van der Waals surface area contributed by atoms with Crippen molar-refractivity contribution in [1.29, 1.82) is 0 Å². The molecule has 0 radical (unpaired) electrons. The molecular weight excluding hydrogens is 462 g/mol. The largest absolute Gasteiger partial charge is 0.242 e. The molecule has 1 atom stereocenters. The molecule has 0 aliphatic heterocycles. The van der Waals surface area contributed by atoms with Gasteiger partial charge in [0.1, 0.15) is 0 Å². The molecule has 5 heteroatoms. The Morgan fingerprint density at radius 1 is 0.765 bits per heavy atom. The fourth-order valence-electron chi connectivity index (χ4n) is 4.14. The van der Waals surface area contributed by atoms with Crippen molar-refractivity contribution in [3.05, 3.63) is 125 Å². The highest BCUT2D eigenvalue weighted by Crippen LogP contribution is 2.28. The van der Waals surface area contributed by atoms with Crippen LogP contribution in [0.25, 0.3) is 11.1 Å². The number of hydrogen-bond acceptors (Lipinski definition) is 2. The van der Waals surface area contributed by atoms with Crippen LogP contribution >= 0.6 is 11.6 Å². The number of sulfonamides is 1. The predicted molar refractivity (Wildman–Crippen MR) is 141 cm³/mol. The zero-order valence-electron chi connectivity index (χ0n) is 19.1. The smallest absolute Gasteiger partial charge is 0.207 e. The molecule has 4 aromatic rings. The summed E-state index contributed by atoms with van der Waals surface area (Å²) < 4.78 is 27.7. The SMILES string of the molecule is CN(C[C@@H](CCc1ccc(-c2ccccc2)cc1)c1cccc(Cl)c1)S(=O)(=O)c1ccccc1. The third kappa shape index (κ3) is 5.95. The Morgan fingerprint density at radius 3 is 2.03 bits per heavy atom. The van der Waals surface area contributed by atoms with Crippen molar-refractivity contribution < 1.29 is 8.42 Å².